The smallest absolute Gasteiger partial charge is 0.339 e. The Labute approximate surface area is 171 Å². The molecule has 2 aromatic rings. The van der Waals surface area contributed by atoms with Crippen LogP contribution in [0, 0.1) is 6.92 Å². The Hall–Kier alpha value is -4.13. The number of hydrogen-bond donors (Lipinski definition) is 4. The van der Waals surface area contributed by atoms with Gasteiger partial charge in [-0.3, -0.25) is 4.79 Å². The summed E-state index contributed by atoms with van der Waals surface area (Å²) in [5.41, 5.74) is 1.84. The predicted molar refractivity (Wildman–Crippen MR) is 108 cm³/mol. The van der Waals surface area contributed by atoms with Gasteiger partial charge in [0.05, 0.1) is 0 Å². The number of aromatic hydroxyl groups is 2. The highest BCUT2D eigenvalue weighted by molar-refractivity contribution is 6.25. The van der Waals surface area contributed by atoms with Gasteiger partial charge in [0.1, 0.15) is 22.6 Å². The van der Waals surface area contributed by atoms with E-state index in [-0.39, 0.29) is 16.9 Å². The maximum Gasteiger partial charge on any atom is 0.339 e. The fourth-order valence-corrected chi connectivity index (χ4v) is 3.25. The van der Waals surface area contributed by atoms with E-state index in [2.05, 4.69) is 0 Å². The third-order valence-corrected chi connectivity index (χ3v) is 4.79. The normalized spacial score (nSPS) is 15.3. The number of benzene rings is 2. The first-order valence-corrected chi connectivity index (χ1v) is 8.89. The molecule has 0 aliphatic heterocycles. The summed E-state index contributed by atoms with van der Waals surface area (Å²) in [4.78, 5) is 35.3. The van der Waals surface area contributed by atoms with Crippen LogP contribution in [0.4, 0.5) is 0 Å². The molecule has 1 aliphatic rings. The monoisotopic (exact) mass is 406 g/mol. The summed E-state index contributed by atoms with van der Waals surface area (Å²) in [5.74, 6) is -3.66. The molecule has 7 nitrogen and oxygen atoms in total. The van der Waals surface area contributed by atoms with Gasteiger partial charge in [0, 0.05) is 0 Å². The molecule has 4 N–H and O–H groups in total. The maximum absolute atomic E-state index is 12.2. The Morgan fingerprint density at radius 3 is 1.97 bits per heavy atom. The molecule has 0 saturated heterocycles. The Balaban J connectivity index is 2.39. The van der Waals surface area contributed by atoms with Gasteiger partial charge in [-0.05, 0) is 83.7 Å². The van der Waals surface area contributed by atoms with Gasteiger partial charge < -0.3 is 20.4 Å². The van der Waals surface area contributed by atoms with Crippen LogP contribution in [0.15, 0.2) is 65.3 Å². The van der Waals surface area contributed by atoms with Crippen LogP contribution in [0.25, 0.3) is 5.57 Å². The van der Waals surface area contributed by atoms with Crippen molar-refractivity contribution >= 4 is 23.3 Å². The van der Waals surface area contributed by atoms with Crippen LogP contribution >= 0.6 is 0 Å². The lowest BCUT2D eigenvalue weighted by atomic mass is 9.86. The molecule has 0 unspecified atom stereocenters. The summed E-state index contributed by atoms with van der Waals surface area (Å²) >= 11 is 0. The van der Waals surface area contributed by atoms with E-state index in [1.807, 2.05) is 0 Å². The van der Waals surface area contributed by atoms with E-state index < -0.39 is 29.0 Å². The molecule has 152 valence electrons. The number of carbonyl (C=O) groups excluding carboxylic acids is 1. The molecule has 0 atom stereocenters. The lowest BCUT2D eigenvalue weighted by Crippen LogP contribution is -2.17. The summed E-state index contributed by atoms with van der Waals surface area (Å²) in [6, 6.07) is 8.75. The first kappa shape index (κ1) is 20.6. The van der Waals surface area contributed by atoms with Crippen LogP contribution in [0.1, 0.15) is 34.0 Å². The van der Waals surface area contributed by atoms with Crippen molar-refractivity contribution < 1.29 is 34.8 Å². The molecule has 30 heavy (non-hydrogen) atoms. The zero-order valence-corrected chi connectivity index (χ0v) is 16.1. The number of Topliss-reactive ketones (excluding diaryl/α,β-unsaturated/α-hetero) is 1. The summed E-state index contributed by atoms with van der Waals surface area (Å²) in [6.07, 6.45) is 2.77. The van der Waals surface area contributed by atoms with Crippen molar-refractivity contribution in [3.8, 4) is 11.5 Å². The van der Waals surface area contributed by atoms with Gasteiger partial charge >= 0.3 is 11.9 Å². The van der Waals surface area contributed by atoms with Crippen molar-refractivity contribution in [3.63, 3.8) is 0 Å². The van der Waals surface area contributed by atoms with E-state index in [4.69, 9.17) is 0 Å². The van der Waals surface area contributed by atoms with Crippen LogP contribution in [-0.2, 0) is 9.59 Å². The number of aryl methyl sites for hydroxylation is 1. The average Bonchev–Trinajstić information content (AvgIpc) is 2.68. The Kier molecular flexibility index (Phi) is 5.29. The molecule has 3 rings (SSSR count). The highest BCUT2D eigenvalue weighted by atomic mass is 16.4. The number of hydrogen-bond acceptors (Lipinski definition) is 5. The number of aromatic carboxylic acids is 1. The standard InChI is InChI=1S/C23H18O7/c1-11-7-13(3-5-18(11)24)20(14-4-6-19(25)16(9-14)22(27)28)15-8-12(2)21(26)17(10-15)23(29)30/h3-10,24-25H,1-2H3,(H,27,28)(H,29,30)/b20-15-. The second-order valence-electron chi connectivity index (χ2n) is 6.89. The van der Waals surface area contributed by atoms with Gasteiger partial charge in [-0.1, -0.05) is 12.1 Å². The van der Waals surface area contributed by atoms with Crippen molar-refractivity contribution in [2.75, 3.05) is 0 Å². The fourth-order valence-electron chi connectivity index (χ4n) is 3.25. The average molecular weight is 406 g/mol. The third kappa shape index (κ3) is 3.73. The van der Waals surface area contributed by atoms with Gasteiger partial charge in [-0.2, -0.15) is 0 Å². The second-order valence-corrected chi connectivity index (χ2v) is 6.89. The van der Waals surface area contributed by atoms with E-state index in [9.17, 15) is 34.8 Å². The molecule has 0 fully saturated rings. The Bertz CT molecular complexity index is 1200. The van der Waals surface area contributed by atoms with Crippen LogP contribution in [0.3, 0.4) is 0 Å². The van der Waals surface area contributed by atoms with Crippen LogP contribution in [0.2, 0.25) is 0 Å². The van der Waals surface area contributed by atoms with Crippen molar-refractivity contribution in [1.29, 1.82) is 0 Å². The number of phenolic OH excluding ortho intramolecular Hbond substituents is 1. The molecular formula is C23H18O7. The van der Waals surface area contributed by atoms with E-state index in [0.29, 0.717) is 27.8 Å². The minimum Gasteiger partial charge on any atom is -0.508 e. The van der Waals surface area contributed by atoms with Crippen molar-refractivity contribution in [2.45, 2.75) is 13.8 Å². The largest absolute Gasteiger partial charge is 0.508 e. The molecule has 0 bridgehead atoms. The lowest BCUT2D eigenvalue weighted by molar-refractivity contribution is -0.134. The second kappa shape index (κ2) is 7.71. The van der Waals surface area contributed by atoms with Gasteiger partial charge in [0.2, 0.25) is 0 Å². The molecule has 0 spiro atoms. The number of carboxylic acids is 2. The SMILES string of the molecule is CC1=C/C(=C(\c2ccc(O)c(C)c2)c2ccc(O)c(C(=O)O)c2)C=C(C(=O)O)C1=O. The number of aliphatic carboxylic acids is 1. The van der Waals surface area contributed by atoms with Gasteiger partial charge in [0.25, 0.3) is 0 Å². The van der Waals surface area contributed by atoms with Crippen molar-refractivity contribution in [2.24, 2.45) is 0 Å². The zero-order chi connectivity index (χ0) is 22.2. The highest BCUT2D eigenvalue weighted by Gasteiger charge is 2.25. The van der Waals surface area contributed by atoms with E-state index in [1.165, 1.54) is 43.3 Å². The maximum atomic E-state index is 12.2. The zero-order valence-electron chi connectivity index (χ0n) is 16.1. The Morgan fingerprint density at radius 1 is 0.800 bits per heavy atom. The summed E-state index contributed by atoms with van der Waals surface area (Å²) in [7, 11) is 0. The van der Waals surface area contributed by atoms with Gasteiger partial charge in [0.15, 0.2) is 5.78 Å². The summed E-state index contributed by atoms with van der Waals surface area (Å²) < 4.78 is 0. The molecule has 0 amide bonds. The van der Waals surface area contributed by atoms with E-state index in [0.717, 1.165) is 0 Å². The molecule has 2 aromatic carbocycles. The third-order valence-electron chi connectivity index (χ3n) is 4.79. The minimum atomic E-state index is -1.37. The van der Waals surface area contributed by atoms with E-state index >= 15 is 0 Å². The quantitative estimate of drug-likeness (QED) is 0.572. The highest BCUT2D eigenvalue weighted by Crippen LogP contribution is 2.35. The number of carbonyl (C=O) groups is 3. The van der Waals surface area contributed by atoms with Crippen LogP contribution < -0.4 is 0 Å². The first-order chi connectivity index (χ1) is 14.1. The first-order valence-electron chi connectivity index (χ1n) is 8.89. The molecule has 0 radical (unpaired) electrons. The van der Waals surface area contributed by atoms with Crippen LogP contribution in [0.5, 0.6) is 11.5 Å². The van der Waals surface area contributed by atoms with Crippen molar-refractivity contribution in [3.05, 3.63) is 87.5 Å². The molecule has 0 saturated carbocycles. The number of ketones is 1. The van der Waals surface area contributed by atoms with E-state index in [1.54, 1.807) is 19.1 Å². The van der Waals surface area contributed by atoms with Gasteiger partial charge in [-0.25, -0.2) is 9.59 Å². The molecular weight excluding hydrogens is 388 g/mol. The summed E-state index contributed by atoms with van der Waals surface area (Å²) in [6.45, 7) is 3.18. The molecule has 0 heterocycles. The minimum absolute atomic E-state index is 0.0624. The number of rotatable bonds is 4. The van der Waals surface area contributed by atoms with Crippen LogP contribution in [-0.4, -0.2) is 38.1 Å². The number of phenols is 2. The number of carboxylic acid groups (broad SMARTS) is 2. The predicted octanol–water partition coefficient (Wildman–Crippen LogP) is 3.45. The number of allylic oxidation sites excluding steroid dienone is 4. The topological polar surface area (TPSA) is 132 Å². The Morgan fingerprint density at radius 2 is 1.40 bits per heavy atom. The lowest BCUT2D eigenvalue weighted by Gasteiger charge is -2.18. The molecule has 7 heteroatoms. The summed E-state index contributed by atoms with van der Waals surface area (Å²) in [5, 5.41) is 38.5. The molecule has 1 aliphatic carbocycles. The molecule has 0 aromatic heterocycles. The fraction of sp³-hybridized carbons (Fsp3) is 0.0870. The van der Waals surface area contributed by atoms with Gasteiger partial charge in [-0.15, -0.1) is 0 Å². The van der Waals surface area contributed by atoms with Crippen molar-refractivity contribution in [1.82, 2.24) is 0 Å².